The van der Waals surface area contributed by atoms with Crippen LogP contribution in [0.4, 0.5) is 3.89 Å². The van der Waals surface area contributed by atoms with Gasteiger partial charge in [0.25, 0.3) is 0 Å². The van der Waals surface area contributed by atoms with Gasteiger partial charge < -0.3 is 0 Å². The van der Waals surface area contributed by atoms with Crippen LogP contribution in [-0.4, -0.2) is 18.5 Å². The second-order valence-corrected chi connectivity index (χ2v) is 5.09. The molecule has 0 fully saturated rings. The molecule has 1 aliphatic heterocycles. The first-order valence-corrected chi connectivity index (χ1v) is 6.04. The molecule has 6 heteroatoms. The molecule has 0 bridgehead atoms. The predicted octanol–water partition coefficient (Wildman–Crippen LogP) is 1.42. The van der Waals surface area contributed by atoms with E-state index in [2.05, 4.69) is 0 Å². The summed E-state index contributed by atoms with van der Waals surface area (Å²) in [6.07, 6.45) is 0. The maximum absolute atomic E-state index is 12.7. The summed E-state index contributed by atoms with van der Waals surface area (Å²) in [6.45, 7) is 1.46. The second kappa shape index (κ2) is 3.64. The molecule has 0 aliphatic carbocycles. The summed E-state index contributed by atoms with van der Waals surface area (Å²) in [5, 5.41) is 0. The Balaban J connectivity index is 2.35. The van der Waals surface area contributed by atoms with Crippen LogP contribution in [-0.2, 0) is 23.5 Å². The first-order chi connectivity index (χ1) is 7.38. The second-order valence-electron chi connectivity index (χ2n) is 3.75. The van der Waals surface area contributed by atoms with E-state index in [1.807, 2.05) is 0 Å². The molecule has 0 aromatic heterocycles. The largest absolute Gasteiger partial charge is 0.375 e. The van der Waals surface area contributed by atoms with Crippen molar-refractivity contribution in [2.45, 2.75) is 20.0 Å². The van der Waals surface area contributed by atoms with Gasteiger partial charge in [0.15, 0.2) is 5.78 Å². The lowest BCUT2D eigenvalue weighted by atomic mass is 10.0. The molecule has 0 unspecified atom stereocenters. The Morgan fingerprint density at radius 1 is 1.31 bits per heavy atom. The summed E-state index contributed by atoms with van der Waals surface area (Å²) < 4.78 is 34.9. The number of nitrogens with zero attached hydrogens (tertiary/aromatic N) is 1. The highest BCUT2D eigenvalue weighted by molar-refractivity contribution is 7.83. The predicted molar refractivity (Wildman–Crippen MR) is 55.7 cm³/mol. The molecular weight excluding hydrogens is 233 g/mol. The molecule has 1 heterocycles. The number of carbonyl (C=O) groups is 1. The fraction of sp³-hybridized carbons (Fsp3) is 0.300. The van der Waals surface area contributed by atoms with Crippen molar-refractivity contribution < 1.29 is 17.1 Å². The minimum Gasteiger partial charge on any atom is -0.295 e. The molecule has 86 valence electrons. The molecule has 0 N–H and O–H groups in total. The highest BCUT2D eigenvalue weighted by Crippen LogP contribution is 2.26. The molecule has 1 aromatic rings. The SMILES string of the molecule is CC(=O)c1ccc2c(c1)CN(S(=O)(=O)F)C2. The van der Waals surface area contributed by atoms with Crippen LogP contribution in [0, 0.1) is 0 Å². The van der Waals surface area contributed by atoms with Gasteiger partial charge in [0.2, 0.25) is 0 Å². The van der Waals surface area contributed by atoms with E-state index in [0.717, 1.165) is 9.87 Å². The molecule has 0 spiro atoms. The summed E-state index contributed by atoms with van der Waals surface area (Å²) in [5.74, 6) is -0.0932. The van der Waals surface area contributed by atoms with Crippen molar-refractivity contribution in [3.05, 3.63) is 34.9 Å². The lowest BCUT2D eigenvalue weighted by Gasteiger charge is -2.06. The number of hydrogen-bond donors (Lipinski definition) is 0. The average molecular weight is 243 g/mol. The van der Waals surface area contributed by atoms with Gasteiger partial charge in [-0.05, 0) is 24.1 Å². The Labute approximate surface area is 93.0 Å². The van der Waals surface area contributed by atoms with E-state index in [9.17, 15) is 17.1 Å². The molecule has 2 rings (SSSR count). The van der Waals surface area contributed by atoms with Gasteiger partial charge in [-0.3, -0.25) is 4.79 Å². The van der Waals surface area contributed by atoms with E-state index in [-0.39, 0.29) is 18.9 Å². The number of carbonyl (C=O) groups excluding carboxylic acids is 1. The zero-order valence-corrected chi connectivity index (χ0v) is 9.42. The Bertz CT molecular complexity index is 553. The normalized spacial score (nSPS) is 16.1. The van der Waals surface area contributed by atoms with E-state index in [1.165, 1.54) is 6.92 Å². The summed E-state index contributed by atoms with van der Waals surface area (Å²) >= 11 is 0. The van der Waals surface area contributed by atoms with Crippen molar-refractivity contribution in [3.63, 3.8) is 0 Å². The van der Waals surface area contributed by atoms with Gasteiger partial charge in [-0.25, -0.2) is 0 Å². The quantitative estimate of drug-likeness (QED) is 0.583. The van der Waals surface area contributed by atoms with E-state index < -0.39 is 10.4 Å². The van der Waals surface area contributed by atoms with Gasteiger partial charge in [-0.2, -0.15) is 12.7 Å². The summed E-state index contributed by atoms with van der Waals surface area (Å²) in [5.41, 5.74) is 1.94. The highest BCUT2D eigenvalue weighted by Gasteiger charge is 2.28. The summed E-state index contributed by atoms with van der Waals surface area (Å²) in [4.78, 5) is 11.1. The van der Waals surface area contributed by atoms with Crippen LogP contribution < -0.4 is 0 Å². The number of hydrogen-bond acceptors (Lipinski definition) is 3. The Hall–Kier alpha value is -1.27. The molecule has 0 saturated carbocycles. The van der Waals surface area contributed by atoms with Crippen molar-refractivity contribution >= 4 is 16.2 Å². The fourth-order valence-corrected chi connectivity index (χ4v) is 2.32. The lowest BCUT2D eigenvalue weighted by Crippen LogP contribution is -2.20. The smallest absolute Gasteiger partial charge is 0.295 e. The van der Waals surface area contributed by atoms with Crippen LogP contribution >= 0.6 is 0 Å². The highest BCUT2D eigenvalue weighted by atomic mass is 32.3. The Kier molecular flexibility index (Phi) is 2.55. The zero-order chi connectivity index (χ0) is 11.9. The van der Waals surface area contributed by atoms with Crippen LogP contribution in [0.5, 0.6) is 0 Å². The van der Waals surface area contributed by atoms with Crippen molar-refractivity contribution in [2.75, 3.05) is 0 Å². The van der Waals surface area contributed by atoms with Crippen molar-refractivity contribution in [3.8, 4) is 0 Å². The van der Waals surface area contributed by atoms with Crippen LogP contribution in [0.3, 0.4) is 0 Å². The number of fused-ring (bicyclic) bond motifs is 1. The number of rotatable bonds is 2. The molecular formula is C10H10FNO3S. The first kappa shape index (κ1) is 11.2. The summed E-state index contributed by atoms with van der Waals surface area (Å²) in [7, 11) is -4.65. The average Bonchev–Trinajstić information content (AvgIpc) is 2.58. The number of halogens is 1. The van der Waals surface area contributed by atoms with Gasteiger partial charge in [-0.1, -0.05) is 16.0 Å². The van der Waals surface area contributed by atoms with Crippen molar-refractivity contribution in [1.29, 1.82) is 0 Å². The van der Waals surface area contributed by atoms with Gasteiger partial charge in [-0.15, -0.1) is 0 Å². The van der Waals surface area contributed by atoms with Crippen molar-refractivity contribution in [1.82, 2.24) is 4.31 Å². The molecule has 4 nitrogen and oxygen atoms in total. The standard InChI is InChI=1S/C10H10FNO3S/c1-7(13)8-2-3-9-5-12(16(11,14)15)6-10(9)4-8/h2-4H,5-6H2,1H3. The minimum absolute atomic E-state index is 0.00468. The number of ketones is 1. The van der Waals surface area contributed by atoms with Crippen LogP contribution in [0.2, 0.25) is 0 Å². The fourth-order valence-electron chi connectivity index (χ4n) is 1.74. The van der Waals surface area contributed by atoms with E-state index in [0.29, 0.717) is 11.1 Å². The van der Waals surface area contributed by atoms with Crippen LogP contribution in [0.1, 0.15) is 28.4 Å². The Morgan fingerprint density at radius 2 is 1.94 bits per heavy atom. The molecule has 16 heavy (non-hydrogen) atoms. The molecule has 0 saturated heterocycles. The van der Waals surface area contributed by atoms with E-state index in [4.69, 9.17) is 0 Å². The Morgan fingerprint density at radius 3 is 2.50 bits per heavy atom. The van der Waals surface area contributed by atoms with Gasteiger partial charge in [0, 0.05) is 18.7 Å². The minimum atomic E-state index is -4.65. The van der Waals surface area contributed by atoms with E-state index >= 15 is 0 Å². The molecule has 0 radical (unpaired) electrons. The number of benzene rings is 1. The molecule has 0 atom stereocenters. The van der Waals surface area contributed by atoms with Crippen molar-refractivity contribution in [2.24, 2.45) is 0 Å². The topological polar surface area (TPSA) is 54.5 Å². The third kappa shape index (κ3) is 1.98. The third-order valence-corrected chi connectivity index (χ3v) is 3.49. The molecule has 1 aromatic carbocycles. The first-order valence-electron chi connectivity index (χ1n) is 4.70. The van der Waals surface area contributed by atoms with Gasteiger partial charge in [0.05, 0.1) is 0 Å². The van der Waals surface area contributed by atoms with Gasteiger partial charge >= 0.3 is 10.4 Å². The molecule has 1 aliphatic rings. The number of Topliss-reactive ketones (excluding diaryl/α,β-unsaturated/α-hetero) is 1. The summed E-state index contributed by atoms with van der Waals surface area (Å²) in [6, 6.07) is 4.90. The molecule has 0 amide bonds. The lowest BCUT2D eigenvalue weighted by molar-refractivity contribution is 0.101. The maximum atomic E-state index is 12.7. The third-order valence-electron chi connectivity index (χ3n) is 2.61. The van der Waals surface area contributed by atoms with Crippen LogP contribution in [0.25, 0.3) is 0 Å². The zero-order valence-electron chi connectivity index (χ0n) is 8.60. The maximum Gasteiger partial charge on any atom is 0.375 e. The van der Waals surface area contributed by atoms with Gasteiger partial charge in [0.1, 0.15) is 0 Å². The monoisotopic (exact) mass is 243 g/mol. The van der Waals surface area contributed by atoms with E-state index in [1.54, 1.807) is 18.2 Å². The van der Waals surface area contributed by atoms with Crippen LogP contribution in [0.15, 0.2) is 18.2 Å².